The molecule has 2 heteroatoms. The van der Waals surface area contributed by atoms with Crippen LogP contribution in [0, 0.1) is 5.82 Å². The van der Waals surface area contributed by atoms with Crippen molar-refractivity contribution in [1.82, 2.24) is 0 Å². The summed E-state index contributed by atoms with van der Waals surface area (Å²) in [4.78, 5) is 0. The van der Waals surface area contributed by atoms with Gasteiger partial charge in [0, 0.05) is 0 Å². The van der Waals surface area contributed by atoms with E-state index in [0.717, 1.165) is 24.0 Å². The lowest BCUT2D eigenvalue weighted by molar-refractivity contribution is 0.301. The van der Waals surface area contributed by atoms with Crippen molar-refractivity contribution in [3.63, 3.8) is 0 Å². The largest absolute Gasteiger partial charge is 0.491 e. The fraction of sp³-hybridized carbons (Fsp3) is 0.500. The summed E-state index contributed by atoms with van der Waals surface area (Å²) in [7, 11) is 0. The summed E-state index contributed by atoms with van der Waals surface area (Å²) in [5.74, 6) is 0.0502. The molecule has 0 amide bonds. The van der Waals surface area contributed by atoms with Crippen molar-refractivity contribution in [1.29, 1.82) is 0 Å². The third kappa shape index (κ3) is 6.82. The van der Waals surface area contributed by atoms with Crippen LogP contribution >= 0.6 is 0 Å². The molecule has 2 aromatic carbocycles. The van der Waals surface area contributed by atoms with Gasteiger partial charge in [-0.05, 0) is 48.1 Å². The third-order valence-electron chi connectivity index (χ3n) is 4.75. The standard InChI is InChI=1S/C24H33FO/c1-3-5-6-7-8-9-10-11-20-12-14-21(15-13-20)22-16-17-24(23(25)19-22)26-18-4-2/h12-17,19H,3-11,18H2,1-2H3. The lowest BCUT2D eigenvalue weighted by Crippen LogP contribution is -1.97. The molecular formula is C24H33FO. The second-order valence-corrected chi connectivity index (χ2v) is 7.06. The molecule has 0 aliphatic rings. The van der Waals surface area contributed by atoms with E-state index < -0.39 is 0 Å². The summed E-state index contributed by atoms with van der Waals surface area (Å²) in [6.45, 7) is 4.82. The van der Waals surface area contributed by atoms with Gasteiger partial charge in [0.2, 0.25) is 0 Å². The molecule has 0 radical (unpaired) electrons. The Hall–Kier alpha value is -1.83. The SMILES string of the molecule is CCCCCCCCCc1ccc(-c2ccc(OCCC)c(F)c2)cc1. The number of benzene rings is 2. The highest BCUT2D eigenvalue weighted by molar-refractivity contribution is 5.64. The fourth-order valence-corrected chi connectivity index (χ4v) is 3.16. The molecule has 1 nitrogen and oxygen atoms in total. The van der Waals surface area contributed by atoms with Crippen molar-refractivity contribution in [2.75, 3.05) is 6.61 Å². The molecule has 26 heavy (non-hydrogen) atoms. The molecule has 2 rings (SSSR count). The Bertz CT molecular complexity index is 633. The zero-order valence-electron chi connectivity index (χ0n) is 16.4. The van der Waals surface area contributed by atoms with Gasteiger partial charge < -0.3 is 4.74 Å². The molecule has 2 aromatic rings. The molecular weight excluding hydrogens is 323 g/mol. The van der Waals surface area contributed by atoms with Crippen molar-refractivity contribution < 1.29 is 9.13 Å². The molecule has 0 unspecified atom stereocenters. The normalized spacial score (nSPS) is 10.9. The first-order valence-corrected chi connectivity index (χ1v) is 10.3. The minimum absolute atomic E-state index is 0.289. The topological polar surface area (TPSA) is 9.23 Å². The molecule has 0 saturated carbocycles. The Morgan fingerprint density at radius 1 is 0.731 bits per heavy atom. The monoisotopic (exact) mass is 356 g/mol. The predicted octanol–water partition coefficient (Wildman–Crippen LogP) is 7.57. The quantitative estimate of drug-likeness (QED) is 0.356. The van der Waals surface area contributed by atoms with Gasteiger partial charge in [0.05, 0.1) is 6.61 Å². The van der Waals surface area contributed by atoms with Gasteiger partial charge >= 0.3 is 0 Å². The first-order valence-electron chi connectivity index (χ1n) is 10.3. The molecule has 0 fully saturated rings. The van der Waals surface area contributed by atoms with Crippen molar-refractivity contribution in [3.05, 3.63) is 53.8 Å². The number of hydrogen-bond donors (Lipinski definition) is 0. The van der Waals surface area contributed by atoms with Crippen molar-refractivity contribution in [3.8, 4) is 16.9 Å². The maximum absolute atomic E-state index is 14.1. The Morgan fingerprint density at radius 2 is 1.38 bits per heavy atom. The van der Waals surface area contributed by atoms with Gasteiger partial charge in [0.25, 0.3) is 0 Å². The number of ether oxygens (including phenoxy) is 1. The lowest BCUT2D eigenvalue weighted by atomic mass is 10.0. The minimum atomic E-state index is -0.289. The van der Waals surface area contributed by atoms with Crippen LogP contribution in [0.25, 0.3) is 11.1 Å². The first kappa shape index (κ1) is 20.5. The van der Waals surface area contributed by atoms with E-state index in [4.69, 9.17) is 4.74 Å². The zero-order valence-corrected chi connectivity index (χ0v) is 16.4. The Morgan fingerprint density at radius 3 is 2.04 bits per heavy atom. The van der Waals surface area contributed by atoms with E-state index in [1.165, 1.54) is 50.5 Å². The van der Waals surface area contributed by atoms with Gasteiger partial charge in [-0.15, -0.1) is 0 Å². The van der Waals surface area contributed by atoms with Crippen LogP contribution in [0.4, 0.5) is 4.39 Å². The van der Waals surface area contributed by atoms with Crippen LogP contribution in [0.1, 0.15) is 70.8 Å². The Kier molecular flexibility index (Phi) is 9.23. The Balaban J connectivity index is 1.82. The van der Waals surface area contributed by atoms with Gasteiger partial charge in [0.15, 0.2) is 11.6 Å². The lowest BCUT2D eigenvalue weighted by Gasteiger charge is -2.09. The minimum Gasteiger partial charge on any atom is -0.491 e. The van der Waals surface area contributed by atoms with Crippen molar-refractivity contribution in [2.24, 2.45) is 0 Å². The second kappa shape index (κ2) is 11.7. The van der Waals surface area contributed by atoms with Crippen LogP contribution in [0.3, 0.4) is 0 Å². The molecule has 0 aliphatic carbocycles. The predicted molar refractivity (Wildman–Crippen MR) is 109 cm³/mol. The number of rotatable bonds is 12. The maximum atomic E-state index is 14.1. The van der Waals surface area contributed by atoms with Gasteiger partial charge in [-0.3, -0.25) is 0 Å². The van der Waals surface area contributed by atoms with Crippen LogP contribution in [0.5, 0.6) is 5.75 Å². The van der Waals surface area contributed by atoms with E-state index in [-0.39, 0.29) is 5.82 Å². The van der Waals surface area contributed by atoms with Gasteiger partial charge in [-0.2, -0.15) is 0 Å². The van der Waals surface area contributed by atoms with Gasteiger partial charge in [-0.1, -0.05) is 82.7 Å². The smallest absolute Gasteiger partial charge is 0.165 e. The summed E-state index contributed by atoms with van der Waals surface area (Å²) in [5, 5.41) is 0. The maximum Gasteiger partial charge on any atom is 0.165 e. The van der Waals surface area contributed by atoms with Gasteiger partial charge in [-0.25, -0.2) is 4.39 Å². The zero-order chi connectivity index (χ0) is 18.6. The van der Waals surface area contributed by atoms with E-state index in [1.807, 2.05) is 13.0 Å². The molecule has 0 bridgehead atoms. The van der Waals surface area contributed by atoms with Gasteiger partial charge in [0.1, 0.15) is 0 Å². The number of halogens is 1. The average Bonchev–Trinajstić information content (AvgIpc) is 2.67. The molecule has 0 heterocycles. The van der Waals surface area contributed by atoms with Crippen molar-refractivity contribution in [2.45, 2.75) is 71.6 Å². The highest BCUT2D eigenvalue weighted by atomic mass is 19.1. The van der Waals surface area contributed by atoms with E-state index in [9.17, 15) is 4.39 Å². The van der Waals surface area contributed by atoms with Crippen LogP contribution in [-0.4, -0.2) is 6.61 Å². The first-order chi connectivity index (χ1) is 12.7. The van der Waals surface area contributed by atoms with Crippen LogP contribution < -0.4 is 4.74 Å². The van der Waals surface area contributed by atoms with E-state index in [2.05, 4.69) is 31.2 Å². The van der Waals surface area contributed by atoms with Crippen LogP contribution in [0.15, 0.2) is 42.5 Å². The van der Waals surface area contributed by atoms with E-state index in [1.54, 1.807) is 12.1 Å². The second-order valence-electron chi connectivity index (χ2n) is 7.06. The summed E-state index contributed by atoms with van der Waals surface area (Å²) < 4.78 is 19.5. The molecule has 0 aromatic heterocycles. The number of aryl methyl sites for hydroxylation is 1. The summed E-state index contributed by atoms with van der Waals surface area (Å²) in [6.07, 6.45) is 11.4. The summed E-state index contributed by atoms with van der Waals surface area (Å²) in [6, 6.07) is 13.8. The molecule has 0 saturated heterocycles. The highest BCUT2D eigenvalue weighted by Crippen LogP contribution is 2.26. The molecule has 0 N–H and O–H groups in total. The molecule has 0 aliphatic heterocycles. The van der Waals surface area contributed by atoms with Crippen LogP contribution in [0.2, 0.25) is 0 Å². The number of unbranched alkanes of at least 4 members (excludes halogenated alkanes) is 6. The van der Waals surface area contributed by atoms with Crippen molar-refractivity contribution >= 4 is 0 Å². The summed E-state index contributed by atoms with van der Waals surface area (Å²) in [5.41, 5.74) is 3.31. The molecule has 0 spiro atoms. The molecule has 0 atom stereocenters. The Labute approximate surface area is 158 Å². The number of hydrogen-bond acceptors (Lipinski definition) is 1. The third-order valence-corrected chi connectivity index (χ3v) is 4.75. The fourth-order valence-electron chi connectivity index (χ4n) is 3.16. The highest BCUT2D eigenvalue weighted by Gasteiger charge is 2.06. The van der Waals surface area contributed by atoms with Crippen LogP contribution in [-0.2, 0) is 6.42 Å². The van der Waals surface area contributed by atoms with E-state index in [0.29, 0.717) is 12.4 Å². The summed E-state index contributed by atoms with van der Waals surface area (Å²) >= 11 is 0. The molecule has 142 valence electrons. The average molecular weight is 357 g/mol. The van der Waals surface area contributed by atoms with E-state index >= 15 is 0 Å².